The van der Waals surface area contributed by atoms with E-state index in [1.165, 1.54) is 12.1 Å². The summed E-state index contributed by atoms with van der Waals surface area (Å²) in [6, 6.07) is 8.67. The molecule has 0 spiro atoms. The average Bonchev–Trinajstić information content (AvgIpc) is 3.58. The third-order valence-electron chi connectivity index (χ3n) is 5.04. The standard InChI is InChI=1S/C23H16F6N2O4/c24-22(25,26)19-10-18(21(32)30-14-2-1-9-31(33)12-14)20(11-17(19)13-3-4-13)34-15-5-7-16(8-6-15)35-23(27,28)29/h1-2,5-13H,3-4H2,(H,30,32). The molecule has 1 heterocycles. The van der Waals surface area contributed by atoms with Gasteiger partial charge in [-0.3, -0.25) is 4.79 Å². The summed E-state index contributed by atoms with van der Waals surface area (Å²) in [6.45, 7) is 0. The van der Waals surface area contributed by atoms with E-state index in [0.29, 0.717) is 23.6 Å². The first-order valence-corrected chi connectivity index (χ1v) is 10.2. The van der Waals surface area contributed by atoms with Crippen LogP contribution in [0, 0.1) is 5.21 Å². The molecule has 0 unspecified atom stereocenters. The van der Waals surface area contributed by atoms with Crippen LogP contribution in [0.15, 0.2) is 60.9 Å². The van der Waals surface area contributed by atoms with E-state index in [9.17, 15) is 36.3 Å². The molecule has 0 aliphatic heterocycles. The minimum atomic E-state index is -4.90. The number of pyridine rings is 1. The first-order chi connectivity index (χ1) is 16.4. The Morgan fingerprint density at radius 3 is 2.23 bits per heavy atom. The molecule has 1 amide bonds. The Kier molecular flexibility index (Phi) is 6.22. The van der Waals surface area contributed by atoms with Crippen molar-refractivity contribution < 1.29 is 45.3 Å². The van der Waals surface area contributed by atoms with Crippen molar-refractivity contribution in [3.63, 3.8) is 0 Å². The predicted octanol–water partition coefficient (Wildman–Crippen LogP) is 6.16. The van der Waals surface area contributed by atoms with Gasteiger partial charge in [-0.1, -0.05) is 0 Å². The lowest BCUT2D eigenvalue weighted by atomic mass is 9.98. The molecule has 4 rings (SSSR count). The Labute approximate surface area is 194 Å². The van der Waals surface area contributed by atoms with Gasteiger partial charge in [-0.05, 0) is 66.8 Å². The molecule has 2 aromatic carbocycles. The minimum Gasteiger partial charge on any atom is -0.619 e. The number of aromatic nitrogens is 1. The number of nitrogens with one attached hydrogen (secondary N) is 1. The van der Waals surface area contributed by atoms with Crippen LogP contribution in [-0.2, 0) is 6.18 Å². The molecule has 1 saturated carbocycles. The first-order valence-electron chi connectivity index (χ1n) is 10.2. The van der Waals surface area contributed by atoms with Gasteiger partial charge in [-0.15, -0.1) is 13.2 Å². The van der Waals surface area contributed by atoms with Crippen molar-refractivity contribution in [2.24, 2.45) is 0 Å². The summed E-state index contributed by atoms with van der Waals surface area (Å²) in [6.07, 6.45) is -6.41. The van der Waals surface area contributed by atoms with Crippen molar-refractivity contribution in [2.45, 2.75) is 31.3 Å². The molecular weight excluding hydrogens is 482 g/mol. The van der Waals surface area contributed by atoms with Crippen LogP contribution in [-0.4, -0.2) is 12.3 Å². The molecule has 0 atom stereocenters. The van der Waals surface area contributed by atoms with Gasteiger partial charge < -0.3 is 20.0 Å². The van der Waals surface area contributed by atoms with Gasteiger partial charge in [0.15, 0.2) is 6.20 Å². The van der Waals surface area contributed by atoms with Crippen molar-refractivity contribution in [3.8, 4) is 17.2 Å². The molecule has 1 aromatic heterocycles. The first kappa shape index (κ1) is 24.2. The highest BCUT2D eigenvalue weighted by atomic mass is 19.4. The third kappa shape index (κ3) is 6.14. The van der Waals surface area contributed by atoms with Crippen molar-refractivity contribution in [1.82, 2.24) is 0 Å². The number of alkyl halides is 6. The molecule has 1 N–H and O–H groups in total. The largest absolute Gasteiger partial charge is 0.619 e. The van der Waals surface area contributed by atoms with Crippen LogP contribution in [0.5, 0.6) is 17.2 Å². The van der Waals surface area contributed by atoms with E-state index >= 15 is 0 Å². The monoisotopic (exact) mass is 498 g/mol. The maximum Gasteiger partial charge on any atom is 0.573 e. The normalized spacial score (nSPS) is 13.9. The van der Waals surface area contributed by atoms with Crippen LogP contribution in [0.4, 0.5) is 32.0 Å². The molecule has 0 saturated heterocycles. The summed E-state index contributed by atoms with van der Waals surface area (Å²) in [5, 5.41) is 13.8. The molecule has 1 fully saturated rings. The third-order valence-corrected chi connectivity index (χ3v) is 5.04. The molecule has 3 aromatic rings. The van der Waals surface area contributed by atoms with E-state index in [1.54, 1.807) is 0 Å². The fraction of sp³-hybridized carbons (Fsp3) is 0.217. The predicted molar refractivity (Wildman–Crippen MR) is 110 cm³/mol. The lowest BCUT2D eigenvalue weighted by Gasteiger charge is -2.18. The van der Waals surface area contributed by atoms with E-state index in [2.05, 4.69) is 10.1 Å². The minimum absolute atomic E-state index is 0.0342. The Morgan fingerprint density at radius 1 is 1.00 bits per heavy atom. The molecule has 1 aliphatic rings. The summed E-state index contributed by atoms with van der Waals surface area (Å²) in [7, 11) is 0. The van der Waals surface area contributed by atoms with E-state index in [1.807, 2.05) is 0 Å². The number of amides is 1. The Bertz CT molecular complexity index is 1240. The zero-order chi connectivity index (χ0) is 25.4. The van der Waals surface area contributed by atoms with Gasteiger partial charge in [-0.2, -0.15) is 17.9 Å². The fourth-order valence-electron chi connectivity index (χ4n) is 3.40. The Balaban J connectivity index is 1.71. The van der Waals surface area contributed by atoms with Gasteiger partial charge in [0.05, 0.1) is 11.1 Å². The number of hydrogen-bond donors (Lipinski definition) is 1. The zero-order valence-corrected chi connectivity index (χ0v) is 17.6. The van der Waals surface area contributed by atoms with E-state index in [0.717, 1.165) is 42.7 Å². The van der Waals surface area contributed by atoms with Gasteiger partial charge >= 0.3 is 12.5 Å². The Hall–Kier alpha value is -3.96. The Morgan fingerprint density at radius 2 is 1.66 bits per heavy atom. The molecule has 35 heavy (non-hydrogen) atoms. The van der Waals surface area contributed by atoms with Gasteiger partial charge in [0.1, 0.15) is 22.9 Å². The number of halogens is 6. The number of ether oxygens (including phenoxy) is 2. The second kappa shape index (κ2) is 9.01. The summed E-state index contributed by atoms with van der Waals surface area (Å²) < 4.78 is 88.3. The van der Waals surface area contributed by atoms with Crippen LogP contribution in [0.25, 0.3) is 0 Å². The topological polar surface area (TPSA) is 74.5 Å². The summed E-state index contributed by atoms with van der Waals surface area (Å²) in [5.74, 6) is -2.12. The molecule has 12 heteroatoms. The molecule has 1 aliphatic carbocycles. The van der Waals surface area contributed by atoms with Gasteiger partial charge in [0, 0.05) is 6.07 Å². The van der Waals surface area contributed by atoms with Crippen molar-refractivity contribution in [3.05, 3.63) is 82.8 Å². The highest BCUT2D eigenvalue weighted by Gasteiger charge is 2.40. The van der Waals surface area contributed by atoms with E-state index in [4.69, 9.17) is 4.74 Å². The number of carbonyl (C=O) groups excluding carboxylic acids is 1. The highest BCUT2D eigenvalue weighted by molar-refractivity contribution is 6.06. The second-order valence-electron chi connectivity index (χ2n) is 7.74. The van der Waals surface area contributed by atoms with Crippen LogP contribution in [0.1, 0.15) is 40.2 Å². The highest BCUT2D eigenvalue weighted by Crippen LogP contribution is 2.48. The maximum absolute atomic E-state index is 13.8. The van der Waals surface area contributed by atoms with Crippen LogP contribution < -0.4 is 19.5 Å². The van der Waals surface area contributed by atoms with Crippen molar-refractivity contribution in [2.75, 3.05) is 5.32 Å². The zero-order valence-electron chi connectivity index (χ0n) is 17.6. The number of rotatable bonds is 6. The summed E-state index contributed by atoms with van der Waals surface area (Å²) >= 11 is 0. The molecular formula is C23H16F6N2O4. The molecule has 184 valence electrons. The quantitative estimate of drug-likeness (QED) is 0.251. The number of anilines is 1. The number of carbonyl (C=O) groups is 1. The average molecular weight is 498 g/mol. The van der Waals surface area contributed by atoms with Crippen molar-refractivity contribution in [1.29, 1.82) is 0 Å². The molecule has 0 radical (unpaired) electrons. The summed E-state index contributed by atoms with van der Waals surface area (Å²) in [4.78, 5) is 12.9. The second-order valence-corrected chi connectivity index (χ2v) is 7.74. The number of nitrogens with zero attached hydrogens (tertiary/aromatic N) is 1. The summed E-state index contributed by atoms with van der Waals surface area (Å²) in [5.41, 5.74) is -1.47. The fourth-order valence-corrected chi connectivity index (χ4v) is 3.40. The molecule has 0 bridgehead atoms. The SMILES string of the molecule is O=C(Nc1ccc[n+]([O-])c1)c1cc(C(F)(F)F)c(C2CC2)cc1Oc1ccc(OC(F)(F)F)cc1. The van der Waals surface area contributed by atoms with Crippen molar-refractivity contribution >= 4 is 11.6 Å². The lowest BCUT2D eigenvalue weighted by Crippen LogP contribution is -2.25. The van der Waals surface area contributed by atoms with Crippen LogP contribution in [0.2, 0.25) is 0 Å². The lowest BCUT2D eigenvalue weighted by molar-refractivity contribution is -0.604. The number of benzene rings is 2. The van der Waals surface area contributed by atoms with E-state index < -0.39 is 35.3 Å². The van der Waals surface area contributed by atoms with Gasteiger partial charge in [0.25, 0.3) is 5.91 Å². The van der Waals surface area contributed by atoms with Crippen LogP contribution >= 0.6 is 0 Å². The van der Waals surface area contributed by atoms with Gasteiger partial charge in [-0.25, -0.2) is 0 Å². The number of hydrogen-bond acceptors (Lipinski definition) is 4. The van der Waals surface area contributed by atoms with E-state index in [-0.39, 0.29) is 28.7 Å². The van der Waals surface area contributed by atoms with Gasteiger partial charge in [0.2, 0.25) is 6.20 Å². The maximum atomic E-state index is 13.8. The van der Waals surface area contributed by atoms with Crippen LogP contribution in [0.3, 0.4) is 0 Å². The smallest absolute Gasteiger partial charge is 0.573 e. The molecule has 6 nitrogen and oxygen atoms in total.